The van der Waals surface area contributed by atoms with E-state index in [4.69, 9.17) is 5.11 Å². The summed E-state index contributed by atoms with van der Waals surface area (Å²) in [6, 6.07) is 14.8. The van der Waals surface area contributed by atoms with E-state index < -0.39 is 5.97 Å². The number of carbonyl (C=O) groups excluding carboxylic acids is 1. The van der Waals surface area contributed by atoms with Gasteiger partial charge < -0.3 is 20.3 Å². The Morgan fingerprint density at radius 2 is 1.62 bits per heavy atom. The summed E-state index contributed by atoms with van der Waals surface area (Å²) in [6.45, 7) is 1.45. The maximum absolute atomic E-state index is 12.7. The van der Waals surface area contributed by atoms with Crippen molar-refractivity contribution in [3.05, 3.63) is 65.9 Å². The van der Waals surface area contributed by atoms with Crippen LogP contribution >= 0.6 is 0 Å². The fourth-order valence-electron chi connectivity index (χ4n) is 7.31. The van der Waals surface area contributed by atoms with E-state index in [2.05, 4.69) is 15.2 Å². The molecule has 3 aromatic rings. The first-order chi connectivity index (χ1) is 16.4. The lowest BCUT2D eigenvalue weighted by molar-refractivity contribution is -0.0496. The lowest BCUT2D eigenvalue weighted by Crippen LogP contribution is -2.51. The van der Waals surface area contributed by atoms with Crippen molar-refractivity contribution in [3.63, 3.8) is 0 Å². The summed E-state index contributed by atoms with van der Waals surface area (Å²) in [5, 5.41) is 16.3. The number of carboxylic acid groups (broad SMARTS) is 1. The van der Waals surface area contributed by atoms with Gasteiger partial charge in [0.15, 0.2) is 0 Å². The number of nitrogens with one attached hydrogen (secondary N) is 2. The number of aromatic carboxylic acids is 1. The topological polar surface area (TPSA) is 83.4 Å². The van der Waals surface area contributed by atoms with Gasteiger partial charge in [-0.15, -0.1) is 0 Å². The van der Waals surface area contributed by atoms with Crippen molar-refractivity contribution in [2.75, 3.05) is 11.9 Å². The zero-order valence-corrected chi connectivity index (χ0v) is 19.3. The number of rotatable bonds is 6. The lowest BCUT2D eigenvalue weighted by atomic mass is 9.49. The second-order valence-electron chi connectivity index (χ2n) is 10.9. The standard InChI is InChI=1S/C28H31N3O3/c32-26(33)22-3-1-18(2-4-22)16-31-8-7-23-12-24(5-6-25(23)31)30-27(34)29-17-28-13-19-9-20(14-28)11-21(10-19)15-28/h1-8,12,19-21H,9-11,13-17H2,(H,32,33)(H2,29,30,34). The van der Waals surface area contributed by atoms with Crippen molar-refractivity contribution in [1.82, 2.24) is 9.88 Å². The molecule has 0 spiro atoms. The number of benzene rings is 2. The molecule has 6 heteroatoms. The van der Waals surface area contributed by atoms with Gasteiger partial charge in [-0.05, 0) is 104 Å². The molecule has 4 fully saturated rings. The summed E-state index contributed by atoms with van der Waals surface area (Å²) >= 11 is 0. The van der Waals surface area contributed by atoms with Crippen LogP contribution < -0.4 is 10.6 Å². The molecule has 0 aliphatic heterocycles. The van der Waals surface area contributed by atoms with E-state index in [1.807, 2.05) is 42.6 Å². The number of hydrogen-bond acceptors (Lipinski definition) is 2. The van der Waals surface area contributed by atoms with Gasteiger partial charge in [0.05, 0.1) is 5.56 Å². The third-order valence-corrected chi connectivity index (χ3v) is 8.37. The first kappa shape index (κ1) is 21.3. The van der Waals surface area contributed by atoms with Gasteiger partial charge in [0.2, 0.25) is 0 Å². The van der Waals surface area contributed by atoms with Gasteiger partial charge in [-0.2, -0.15) is 0 Å². The Morgan fingerprint density at radius 3 is 2.26 bits per heavy atom. The van der Waals surface area contributed by atoms with E-state index in [0.29, 0.717) is 17.5 Å². The summed E-state index contributed by atoms with van der Waals surface area (Å²) in [5.74, 6) is 1.74. The third kappa shape index (κ3) is 4.06. The molecule has 0 unspecified atom stereocenters. The summed E-state index contributed by atoms with van der Waals surface area (Å²) in [6.07, 6.45) is 10.1. The van der Waals surface area contributed by atoms with Crippen molar-refractivity contribution in [2.24, 2.45) is 23.2 Å². The number of nitrogens with zero attached hydrogens (tertiary/aromatic N) is 1. The molecule has 34 heavy (non-hydrogen) atoms. The van der Waals surface area contributed by atoms with Gasteiger partial charge in [0.25, 0.3) is 0 Å². The highest BCUT2D eigenvalue weighted by Gasteiger charge is 2.50. The molecule has 6 nitrogen and oxygen atoms in total. The van der Waals surface area contributed by atoms with Gasteiger partial charge in [-0.3, -0.25) is 0 Å². The van der Waals surface area contributed by atoms with Gasteiger partial charge in [0, 0.05) is 35.9 Å². The molecule has 176 valence electrons. The molecule has 2 aromatic carbocycles. The molecule has 1 heterocycles. The van der Waals surface area contributed by atoms with Crippen LogP contribution in [-0.4, -0.2) is 28.2 Å². The predicted octanol–water partition coefficient (Wildman–Crippen LogP) is 5.73. The van der Waals surface area contributed by atoms with E-state index >= 15 is 0 Å². The highest BCUT2D eigenvalue weighted by Crippen LogP contribution is 2.59. The number of amides is 2. The Balaban J connectivity index is 1.09. The molecule has 3 N–H and O–H groups in total. The van der Waals surface area contributed by atoms with E-state index in [1.165, 1.54) is 38.5 Å². The van der Waals surface area contributed by atoms with Crippen molar-refractivity contribution in [3.8, 4) is 0 Å². The third-order valence-electron chi connectivity index (χ3n) is 8.37. The number of aromatic nitrogens is 1. The fraction of sp³-hybridized carbons (Fsp3) is 0.429. The summed E-state index contributed by atoms with van der Waals surface area (Å²) in [4.78, 5) is 23.7. The first-order valence-electron chi connectivity index (χ1n) is 12.4. The summed E-state index contributed by atoms with van der Waals surface area (Å²) < 4.78 is 2.13. The number of urea groups is 1. The highest BCUT2D eigenvalue weighted by molar-refractivity contribution is 5.93. The molecule has 4 aliphatic carbocycles. The number of anilines is 1. The minimum absolute atomic E-state index is 0.118. The number of carboxylic acids is 1. The molecule has 0 saturated heterocycles. The maximum Gasteiger partial charge on any atom is 0.335 e. The molecule has 0 atom stereocenters. The number of hydrogen-bond donors (Lipinski definition) is 3. The van der Waals surface area contributed by atoms with Crippen LogP contribution in [0.3, 0.4) is 0 Å². The molecule has 4 aliphatic rings. The Morgan fingerprint density at radius 1 is 0.941 bits per heavy atom. The van der Waals surface area contributed by atoms with Gasteiger partial charge in [-0.25, -0.2) is 9.59 Å². The number of fused-ring (bicyclic) bond motifs is 1. The Bertz CT molecular complexity index is 1210. The summed E-state index contributed by atoms with van der Waals surface area (Å²) in [7, 11) is 0. The van der Waals surface area contributed by atoms with Crippen LogP contribution in [0.15, 0.2) is 54.7 Å². The molecule has 0 radical (unpaired) electrons. The summed E-state index contributed by atoms with van der Waals surface area (Å²) in [5.41, 5.74) is 3.52. The van der Waals surface area contributed by atoms with E-state index in [9.17, 15) is 9.59 Å². The zero-order chi connectivity index (χ0) is 23.3. The van der Waals surface area contributed by atoms with Gasteiger partial charge in [-0.1, -0.05) is 12.1 Å². The molecular formula is C28H31N3O3. The van der Waals surface area contributed by atoms with Crippen molar-refractivity contribution in [1.29, 1.82) is 0 Å². The van der Waals surface area contributed by atoms with Crippen LogP contribution in [-0.2, 0) is 6.54 Å². The second-order valence-corrected chi connectivity index (χ2v) is 10.9. The average molecular weight is 458 g/mol. The largest absolute Gasteiger partial charge is 0.478 e. The average Bonchev–Trinajstić information content (AvgIpc) is 3.19. The van der Waals surface area contributed by atoms with Crippen LogP contribution in [0, 0.1) is 23.2 Å². The van der Waals surface area contributed by atoms with Crippen LogP contribution in [0.5, 0.6) is 0 Å². The van der Waals surface area contributed by atoms with E-state index in [1.54, 1.807) is 12.1 Å². The molecular weight excluding hydrogens is 426 g/mol. The fourth-order valence-corrected chi connectivity index (χ4v) is 7.31. The van der Waals surface area contributed by atoms with Crippen LogP contribution in [0.2, 0.25) is 0 Å². The minimum Gasteiger partial charge on any atom is -0.478 e. The smallest absolute Gasteiger partial charge is 0.335 e. The molecule has 1 aromatic heterocycles. The number of carbonyl (C=O) groups is 2. The van der Waals surface area contributed by atoms with E-state index in [-0.39, 0.29) is 6.03 Å². The van der Waals surface area contributed by atoms with Gasteiger partial charge >= 0.3 is 12.0 Å². The molecule has 4 bridgehead atoms. The zero-order valence-electron chi connectivity index (χ0n) is 19.3. The normalized spacial score (nSPS) is 27.1. The minimum atomic E-state index is -0.917. The van der Waals surface area contributed by atoms with Crippen LogP contribution in [0.1, 0.15) is 54.4 Å². The molecule has 2 amide bonds. The monoisotopic (exact) mass is 457 g/mol. The van der Waals surface area contributed by atoms with Crippen LogP contribution in [0.4, 0.5) is 10.5 Å². The highest BCUT2D eigenvalue weighted by atomic mass is 16.4. The van der Waals surface area contributed by atoms with Crippen LogP contribution in [0.25, 0.3) is 10.9 Å². The van der Waals surface area contributed by atoms with Gasteiger partial charge in [0.1, 0.15) is 0 Å². The lowest BCUT2D eigenvalue weighted by Gasteiger charge is -2.56. The Labute approximate surface area is 199 Å². The Hall–Kier alpha value is -3.28. The first-order valence-corrected chi connectivity index (χ1v) is 12.4. The van der Waals surface area contributed by atoms with Crippen molar-refractivity contribution < 1.29 is 14.7 Å². The quantitative estimate of drug-likeness (QED) is 0.442. The maximum atomic E-state index is 12.7. The SMILES string of the molecule is O=C(NCC12CC3CC(CC(C3)C1)C2)Nc1ccc2c(ccn2Cc2ccc(C(=O)O)cc2)c1. The Kier molecular flexibility index (Phi) is 5.12. The van der Waals surface area contributed by atoms with Crippen molar-refractivity contribution >= 4 is 28.6 Å². The second kappa shape index (κ2) is 8.19. The predicted molar refractivity (Wildman–Crippen MR) is 132 cm³/mol. The van der Waals surface area contributed by atoms with Crippen molar-refractivity contribution in [2.45, 2.75) is 45.1 Å². The molecule has 7 rings (SSSR count). The molecule has 4 saturated carbocycles. The van der Waals surface area contributed by atoms with E-state index in [0.717, 1.165) is 46.5 Å².